The van der Waals surface area contributed by atoms with Gasteiger partial charge in [0.25, 0.3) is 0 Å². The summed E-state index contributed by atoms with van der Waals surface area (Å²) in [4.78, 5) is 12.9. The zero-order valence-corrected chi connectivity index (χ0v) is 18.9. The average Bonchev–Trinajstić information content (AvgIpc) is 2.72. The van der Waals surface area contributed by atoms with Crippen molar-refractivity contribution in [3.63, 3.8) is 0 Å². The molecular formula is C22H28N2O6S. The maximum atomic E-state index is 12.9. The van der Waals surface area contributed by atoms with Gasteiger partial charge in [-0.15, -0.1) is 0 Å². The zero-order chi connectivity index (χ0) is 22.6. The fourth-order valence-corrected chi connectivity index (χ4v) is 4.48. The second kappa shape index (κ2) is 9.47. The van der Waals surface area contributed by atoms with E-state index in [9.17, 15) is 13.2 Å². The number of fused-ring (bicyclic) bond motifs is 1. The van der Waals surface area contributed by atoms with E-state index < -0.39 is 22.0 Å². The molecule has 0 saturated heterocycles. The highest BCUT2D eigenvalue weighted by Crippen LogP contribution is 2.35. The molecule has 2 aromatic rings. The van der Waals surface area contributed by atoms with Gasteiger partial charge < -0.3 is 19.5 Å². The summed E-state index contributed by atoms with van der Waals surface area (Å²) in [5.41, 5.74) is 1.33. The van der Waals surface area contributed by atoms with Crippen LogP contribution in [0.2, 0.25) is 0 Å². The van der Waals surface area contributed by atoms with Gasteiger partial charge in [0.05, 0.1) is 18.0 Å². The van der Waals surface area contributed by atoms with Crippen molar-refractivity contribution in [2.45, 2.75) is 32.9 Å². The van der Waals surface area contributed by atoms with Crippen molar-refractivity contribution < 1.29 is 27.4 Å². The summed E-state index contributed by atoms with van der Waals surface area (Å²) in [7, 11) is -3.74. The molecule has 0 saturated carbocycles. The lowest BCUT2D eigenvalue weighted by molar-refractivity contribution is -0.122. The summed E-state index contributed by atoms with van der Waals surface area (Å²) in [5, 5.41) is 2.83. The third-order valence-corrected chi connectivity index (χ3v) is 6.08. The van der Waals surface area contributed by atoms with Crippen molar-refractivity contribution >= 4 is 21.6 Å². The number of nitrogens with zero attached hydrogens (tertiary/aromatic N) is 1. The number of amides is 1. The van der Waals surface area contributed by atoms with E-state index >= 15 is 0 Å². The lowest BCUT2D eigenvalue weighted by Crippen LogP contribution is -2.50. The number of hydrogen-bond acceptors (Lipinski definition) is 6. The molecule has 0 radical (unpaired) electrons. The molecule has 0 fully saturated rings. The first kappa shape index (κ1) is 22.7. The van der Waals surface area contributed by atoms with Crippen LogP contribution in [0.5, 0.6) is 17.2 Å². The number of carbonyl (C=O) groups is 1. The van der Waals surface area contributed by atoms with Gasteiger partial charge in [-0.2, -0.15) is 0 Å². The molecule has 1 amide bonds. The van der Waals surface area contributed by atoms with Crippen LogP contribution >= 0.6 is 0 Å². The van der Waals surface area contributed by atoms with Gasteiger partial charge in [-0.1, -0.05) is 18.2 Å². The number of carbonyl (C=O) groups excluding carboxylic acids is 1. The summed E-state index contributed by atoms with van der Waals surface area (Å²) < 4.78 is 43.0. The summed E-state index contributed by atoms with van der Waals surface area (Å²) in [6.07, 6.45) is 1.07. The molecule has 9 heteroatoms. The third-order valence-electron chi connectivity index (χ3n) is 4.84. The van der Waals surface area contributed by atoms with Gasteiger partial charge >= 0.3 is 0 Å². The molecule has 1 aliphatic heterocycles. The number of hydrogen-bond donors (Lipinski definition) is 1. The normalized spacial score (nSPS) is 15.0. The van der Waals surface area contributed by atoms with Crippen LogP contribution in [0.1, 0.15) is 19.4 Å². The molecule has 31 heavy (non-hydrogen) atoms. The fraction of sp³-hybridized carbons (Fsp3) is 0.409. The smallest absolute Gasteiger partial charge is 0.243 e. The molecular weight excluding hydrogens is 420 g/mol. The van der Waals surface area contributed by atoms with Crippen molar-refractivity contribution in [1.82, 2.24) is 5.32 Å². The van der Waals surface area contributed by atoms with E-state index in [1.54, 1.807) is 32.0 Å². The van der Waals surface area contributed by atoms with Crippen molar-refractivity contribution in [2.24, 2.45) is 0 Å². The molecule has 0 spiro atoms. The Kier molecular flexibility index (Phi) is 6.94. The highest BCUT2D eigenvalue weighted by molar-refractivity contribution is 7.92. The van der Waals surface area contributed by atoms with Gasteiger partial charge in [0, 0.05) is 6.07 Å². The zero-order valence-electron chi connectivity index (χ0n) is 18.1. The van der Waals surface area contributed by atoms with Crippen LogP contribution in [0.15, 0.2) is 42.5 Å². The average molecular weight is 449 g/mol. The minimum absolute atomic E-state index is 0.256. The molecule has 0 bridgehead atoms. The molecule has 1 N–H and O–H groups in total. The minimum Gasteiger partial charge on any atom is -0.491 e. The molecule has 0 aromatic heterocycles. The summed E-state index contributed by atoms with van der Waals surface area (Å²) >= 11 is 0. The maximum absolute atomic E-state index is 12.9. The highest BCUT2D eigenvalue weighted by Gasteiger charge is 2.31. The molecule has 1 aliphatic rings. The van der Waals surface area contributed by atoms with Gasteiger partial charge in [0.1, 0.15) is 31.6 Å². The molecule has 0 unspecified atom stereocenters. The molecule has 1 heterocycles. The summed E-state index contributed by atoms with van der Waals surface area (Å²) in [5.74, 6) is 1.31. The Morgan fingerprint density at radius 1 is 1.13 bits per heavy atom. The molecule has 8 nitrogen and oxygen atoms in total. The predicted octanol–water partition coefficient (Wildman–Crippen LogP) is 2.50. The minimum atomic E-state index is -3.74. The lowest BCUT2D eigenvalue weighted by Gasteiger charge is -2.30. The lowest BCUT2D eigenvalue weighted by atomic mass is 10.2. The van der Waals surface area contributed by atoms with Crippen molar-refractivity contribution in [1.29, 1.82) is 0 Å². The number of anilines is 1. The van der Waals surface area contributed by atoms with Crippen LogP contribution in [-0.4, -0.2) is 52.5 Å². The van der Waals surface area contributed by atoms with Crippen LogP contribution in [0.4, 0.5) is 5.69 Å². The second-order valence-electron chi connectivity index (χ2n) is 7.55. The Hall–Kier alpha value is -2.94. The van der Waals surface area contributed by atoms with Crippen LogP contribution in [-0.2, 0) is 14.8 Å². The summed E-state index contributed by atoms with van der Waals surface area (Å²) in [6, 6.07) is 11.1. The Morgan fingerprint density at radius 3 is 2.48 bits per heavy atom. The first-order valence-electron chi connectivity index (χ1n) is 10.0. The van der Waals surface area contributed by atoms with Crippen LogP contribution < -0.4 is 23.8 Å². The quantitative estimate of drug-likeness (QED) is 0.667. The third kappa shape index (κ3) is 5.61. The molecule has 3 rings (SSSR count). The van der Waals surface area contributed by atoms with Crippen LogP contribution in [0.25, 0.3) is 0 Å². The van der Waals surface area contributed by atoms with Gasteiger partial charge in [-0.25, -0.2) is 8.42 Å². The number of aryl methyl sites for hydroxylation is 1. The van der Waals surface area contributed by atoms with Gasteiger partial charge in [0.15, 0.2) is 11.5 Å². The Labute approximate surface area is 183 Å². The molecule has 2 atom stereocenters. The van der Waals surface area contributed by atoms with E-state index in [0.717, 1.165) is 21.9 Å². The van der Waals surface area contributed by atoms with E-state index in [0.29, 0.717) is 30.4 Å². The number of nitrogens with one attached hydrogen (secondary N) is 1. The first-order chi connectivity index (χ1) is 14.7. The molecule has 0 aliphatic carbocycles. The van der Waals surface area contributed by atoms with Gasteiger partial charge in [0.2, 0.25) is 15.9 Å². The SMILES string of the molecule is Cc1ccccc1OC[C@@H](C)NC(=O)[C@@H](C)N(c1ccc2c(c1)OCCO2)S(C)(=O)=O. The van der Waals surface area contributed by atoms with E-state index in [2.05, 4.69) is 5.32 Å². The van der Waals surface area contributed by atoms with E-state index in [4.69, 9.17) is 14.2 Å². The van der Waals surface area contributed by atoms with Crippen LogP contribution in [0, 0.1) is 6.92 Å². The standard InChI is InChI=1S/C22H28N2O6S/c1-15-7-5-6-8-19(15)30-14-16(2)23-22(25)17(3)24(31(4,26)27)18-9-10-20-21(13-18)29-12-11-28-20/h5-10,13,16-17H,11-12,14H2,1-4H3,(H,23,25)/t16-,17-/m1/s1. The largest absolute Gasteiger partial charge is 0.491 e. The fourth-order valence-electron chi connectivity index (χ4n) is 3.32. The highest BCUT2D eigenvalue weighted by atomic mass is 32.2. The van der Waals surface area contributed by atoms with Crippen molar-refractivity contribution in [3.05, 3.63) is 48.0 Å². The topological polar surface area (TPSA) is 94.2 Å². The Balaban J connectivity index is 1.70. The van der Waals surface area contributed by atoms with Crippen molar-refractivity contribution in [3.8, 4) is 17.2 Å². The number of benzene rings is 2. The van der Waals surface area contributed by atoms with Crippen molar-refractivity contribution in [2.75, 3.05) is 30.4 Å². The van der Waals surface area contributed by atoms with Gasteiger partial charge in [-0.3, -0.25) is 9.10 Å². The Morgan fingerprint density at radius 2 is 1.81 bits per heavy atom. The first-order valence-corrected chi connectivity index (χ1v) is 11.9. The van der Waals surface area contributed by atoms with E-state index in [-0.39, 0.29) is 12.6 Å². The second-order valence-corrected chi connectivity index (χ2v) is 9.41. The number of rotatable bonds is 8. The Bertz CT molecular complexity index is 1040. The molecule has 2 aromatic carbocycles. The number of ether oxygens (including phenoxy) is 3. The van der Waals surface area contributed by atoms with Crippen LogP contribution in [0.3, 0.4) is 0 Å². The monoisotopic (exact) mass is 448 g/mol. The van der Waals surface area contributed by atoms with E-state index in [1.165, 1.54) is 0 Å². The maximum Gasteiger partial charge on any atom is 0.243 e. The number of sulfonamides is 1. The van der Waals surface area contributed by atoms with Gasteiger partial charge in [-0.05, 0) is 44.5 Å². The van der Waals surface area contributed by atoms with E-state index in [1.807, 2.05) is 31.2 Å². The number of para-hydroxylation sites is 1. The summed E-state index contributed by atoms with van der Waals surface area (Å²) in [6.45, 7) is 6.36. The molecule has 168 valence electrons. The predicted molar refractivity (Wildman–Crippen MR) is 118 cm³/mol.